The van der Waals surface area contributed by atoms with E-state index in [-0.39, 0.29) is 5.41 Å². The van der Waals surface area contributed by atoms with Crippen LogP contribution in [-0.2, 0) is 0 Å². The summed E-state index contributed by atoms with van der Waals surface area (Å²) in [7, 11) is 0. The van der Waals surface area contributed by atoms with Crippen molar-refractivity contribution in [2.24, 2.45) is 21.7 Å². The molecule has 4 nitrogen and oxygen atoms in total. The average molecular weight is 281 g/mol. The molecule has 0 radical (unpaired) electrons. The Morgan fingerprint density at radius 3 is 2.35 bits per heavy atom. The van der Waals surface area contributed by atoms with Crippen LogP contribution < -0.4 is 5.73 Å². The first-order chi connectivity index (χ1) is 9.47. The quantitative estimate of drug-likeness (QED) is 0.352. The maximum Gasteiger partial charge on any atom is 0.144 e. The molecule has 1 spiro atoms. The molecule has 0 atom stereocenters. The van der Waals surface area contributed by atoms with Crippen LogP contribution in [0, 0.1) is 10.8 Å². The van der Waals surface area contributed by atoms with Gasteiger partial charge in [0.25, 0.3) is 0 Å². The summed E-state index contributed by atoms with van der Waals surface area (Å²) in [6.07, 6.45) is 10.7. The van der Waals surface area contributed by atoms with E-state index in [1.54, 1.807) is 0 Å². The molecular weight excluding hydrogens is 250 g/mol. The summed E-state index contributed by atoms with van der Waals surface area (Å²) in [5, 5.41) is 11.9. The second kappa shape index (κ2) is 6.33. The van der Waals surface area contributed by atoms with E-state index in [9.17, 15) is 0 Å². The lowest BCUT2D eigenvalue weighted by molar-refractivity contribution is 0.106. The van der Waals surface area contributed by atoms with Crippen LogP contribution in [0.15, 0.2) is 5.16 Å². The zero-order valence-electron chi connectivity index (χ0n) is 13.2. The normalized spacial score (nSPS) is 24.4. The minimum Gasteiger partial charge on any atom is -0.409 e. The summed E-state index contributed by atoms with van der Waals surface area (Å²) in [5.41, 5.74) is 6.25. The van der Waals surface area contributed by atoms with Gasteiger partial charge in [-0.1, -0.05) is 31.8 Å². The molecule has 0 aromatic rings. The van der Waals surface area contributed by atoms with Gasteiger partial charge < -0.3 is 15.8 Å². The number of nitrogens with two attached hydrogens (primary N) is 1. The van der Waals surface area contributed by atoms with Crippen molar-refractivity contribution in [3.05, 3.63) is 0 Å². The minimum atomic E-state index is -0.197. The van der Waals surface area contributed by atoms with Gasteiger partial charge in [-0.05, 0) is 63.6 Å². The van der Waals surface area contributed by atoms with Gasteiger partial charge in [-0.3, -0.25) is 0 Å². The van der Waals surface area contributed by atoms with Crippen LogP contribution in [0.2, 0.25) is 0 Å². The largest absolute Gasteiger partial charge is 0.409 e. The first-order valence-corrected chi connectivity index (χ1v) is 8.18. The molecule has 4 heteroatoms. The fourth-order valence-corrected chi connectivity index (χ4v) is 3.88. The van der Waals surface area contributed by atoms with Crippen molar-refractivity contribution in [1.82, 2.24) is 4.90 Å². The molecule has 0 unspecified atom stereocenters. The fraction of sp³-hybridized carbons (Fsp3) is 0.938. The number of hydrogen-bond acceptors (Lipinski definition) is 3. The second-order valence-electron chi connectivity index (χ2n) is 7.52. The lowest BCUT2D eigenvalue weighted by atomic mass is 9.77. The highest BCUT2D eigenvalue weighted by Gasteiger charge is 2.36. The van der Waals surface area contributed by atoms with E-state index in [2.05, 4.69) is 10.1 Å². The monoisotopic (exact) mass is 281 g/mol. The van der Waals surface area contributed by atoms with Gasteiger partial charge in [-0.2, -0.15) is 0 Å². The maximum atomic E-state index is 8.79. The van der Waals surface area contributed by atoms with Crippen LogP contribution in [0.25, 0.3) is 0 Å². The summed E-state index contributed by atoms with van der Waals surface area (Å²) in [5.74, 6) is 0.348. The van der Waals surface area contributed by atoms with E-state index in [0.29, 0.717) is 11.3 Å². The smallest absolute Gasteiger partial charge is 0.144 e. The Morgan fingerprint density at radius 1 is 1.20 bits per heavy atom. The number of hydrogen-bond donors (Lipinski definition) is 2. The standard InChI is InChI=1S/C16H31N3O/c1-15(2,14(17)18-20)6-5-11-19-12-9-16(10-13-19)7-3-4-8-16/h20H,3-13H2,1-2H3,(H2,17,18). The third-order valence-electron chi connectivity index (χ3n) is 5.66. The van der Waals surface area contributed by atoms with E-state index < -0.39 is 0 Å². The molecule has 1 aliphatic heterocycles. The van der Waals surface area contributed by atoms with Gasteiger partial charge in [-0.15, -0.1) is 0 Å². The van der Waals surface area contributed by atoms with Crippen LogP contribution >= 0.6 is 0 Å². The average Bonchev–Trinajstić information content (AvgIpc) is 2.88. The second-order valence-corrected chi connectivity index (χ2v) is 7.52. The van der Waals surface area contributed by atoms with Gasteiger partial charge in [-0.25, -0.2) is 0 Å². The van der Waals surface area contributed by atoms with Crippen molar-refractivity contribution in [2.75, 3.05) is 19.6 Å². The molecule has 0 amide bonds. The highest BCUT2D eigenvalue weighted by atomic mass is 16.4. The van der Waals surface area contributed by atoms with E-state index in [1.807, 2.05) is 13.8 Å². The molecule has 3 N–H and O–H groups in total. The molecular formula is C16H31N3O. The molecule has 2 rings (SSSR count). The van der Waals surface area contributed by atoms with E-state index in [1.165, 1.54) is 51.6 Å². The molecule has 1 aliphatic carbocycles. The Hall–Kier alpha value is -0.770. The number of amidine groups is 1. The number of oxime groups is 1. The number of likely N-dealkylation sites (tertiary alicyclic amines) is 1. The van der Waals surface area contributed by atoms with Gasteiger partial charge >= 0.3 is 0 Å². The molecule has 1 saturated carbocycles. The molecule has 1 saturated heterocycles. The van der Waals surface area contributed by atoms with Crippen molar-refractivity contribution in [2.45, 2.75) is 65.2 Å². The van der Waals surface area contributed by atoms with Crippen LogP contribution in [0.1, 0.15) is 65.2 Å². The third kappa shape index (κ3) is 3.66. The first kappa shape index (κ1) is 15.6. The van der Waals surface area contributed by atoms with Crippen molar-refractivity contribution < 1.29 is 5.21 Å². The predicted octanol–water partition coefficient (Wildman–Crippen LogP) is 3.20. The minimum absolute atomic E-state index is 0.197. The Labute approximate surface area is 123 Å². The maximum absolute atomic E-state index is 8.79. The van der Waals surface area contributed by atoms with Crippen molar-refractivity contribution in [3.8, 4) is 0 Å². The topological polar surface area (TPSA) is 61.8 Å². The Morgan fingerprint density at radius 2 is 1.80 bits per heavy atom. The van der Waals surface area contributed by atoms with Crippen molar-refractivity contribution in [1.29, 1.82) is 0 Å². The lowest BCUT2D eigenvalue weighted by Gasteiger charge is -2.39. The Balaban J connectivity index is 1.69. The summed E-state index contributed by atoms with van der Waals surface area (Å²) in [6.45, 7) is 7.78. The SMILES string of the molecule is CC(C)(CCCN1CCC2(CCCC2)CC1)C(N)=NO. The molecule has 116 valence electrons. The van der Waals surface area contributed by atoms with Gasteiger partial charge in [0, 0.05) is 5.41 Å². The van der Waals surface area contributed by atoms with Gasteiger partial charge in [0.2, 0.25) is 0 Å². The third-order valence-corrected chi connectivity index (χ3v) is 5.66. The fourth-order valence-electron chi connectivity index (χ4n) is 3.88. The molecule has 2 fully saturated rings. The molecule has 0 aromatic carbocycles. The van der Waals surface area contributed by atoms with Gasteiger partial charge in [0.1, 0.15) is 5.84 Å². The molecule has 20 heavy (non-hydrogen) atoms. The Kier molecular flexibility index (Phi) is 4.95. The summed E-state index contributed by atoms with van der Waals surface area (Å²) in [6, 6.07) is 0. The van der Waals surface area contributed by atoms with Crippen LogP contribution in [0.4, 0.5) is 0 Å². The number of nitrogens with zero attached hydrogens (tertiary/aromatic N) is 2. The highest BCUT2D eigenvalue weighted by molar-refractivity contribution is 5.85. The van der Waals surface area contributed by atoms with Crippen molar-refractivity contribution >= 4 is 5.84 Å². The van der Waals surface area contributed by atoms with Gasteiger partial charge in [0.05, 0.1) is 0 Å². The zero-order valence-corrected chi connectivity index (χ0v) is 13.2. The molecule has 0 aromatic heterocycles. The molecule has 1 heterocycles. The van der Waals surface area contributed by atoms with Crippen molar-refractivity contribution in [3.63, 3.8) is 0 Å². The summed E-state index contributed by atoms with van der Waals surface area (Å²) >= 11 is 0. The van der Waals surface area contributed by atoms with E-state index in [4.69, 9.17) is 10.9 Å². The van der Waals surface area contributed by atoms with E-state index >= 15 is 0 Å². The Bertz CT molecular complexity index is 336. The molecule has 2 aliphatic rings. The first-order valence-electron chi connectivity index (χ1n) is 8.18. The summed E-state index contributed by atoms with van der Waals surface area (Å²) in [4.78, 5) is 2.60. The van der Waals surface area contributed by atoms with E-state index in [0.717, 1.165) is 19.4 Å². The number of rotatable bonds is 5. The van der Waals surface area contributed by atoms with Crippen LogP contribution in [0.3, 0.4) is 0 Å². The molecule has 0 bridgehead atoms. The highest BCUT2D eigenvalue weighted by Crippen LogP contribution is 2.46. The number of piperidine rings is 1. The lowest BCUT2D eigenvalue weighted by Crippen LogP contribution is -2.40. The van der Waals surface area contributed by atoms with Crippen LogP contribution in [0.5, 0.6) is 0 Å². The summed E-state index contributed by atoms with van der Waals surface area (Å²) < 4.78 is 0. The van der Waals surface area contributed by atoms with Crippen LogP contribution in [-0.4, -0.2) is 35.6 Å². The zero-order chi connectivity index (χ0) is 14.6. The predicted molar refractivity (Wildman–Crippen MR) is 83.0 cm³/mol. The van der Waals surface area contributed by atoms with Gasteiger partial charge in [0.15, 0.2) is 0 Å².